The molecule has 1 aliphatic carbocycles. The van der Waals surface area contributed by atoms with E-state index in [1.54, 1.807) is 11.4 Å². The number of methoxy groups -OCH3 is 1. The summed E-state index contributed by atoms with van der Waals surface area (Å²) in [6.07, 6.45) is 8.21. The van der Waals surface area contributed by atoms with E-state index in [0.29, 0.717) is 31.3 Å². The molecular weight excluding hydrogens is 264 g/mol. The first-order chi connectivity index (χ1) is 8.99. The average Bonchev–Trinajstić information content (AvgIpc) is 2.38. The Hall–Kier alpha value is -0.170. The van der Waals surface area contributed by atoms with Gasteiger partial charge in [-0.25, -0.2) is 12.7 Å². The second kappa shape index (κ2) is 6.52. The third kappa shape index (κ3) is 4.41. The van der Waals surface area contributed by atoms with Crippen LogP contribution in [-0.4, -0.2) is 57.4 Å². The van der Waals surface area contributed by atoms with Crippen LogP contribution >= 0.6 is 0 Å². The van der Waals surface area contributed by atoms with E-state index >= 15 is 0 Å². The molecule has 1 N–H and O–H groups in total. The van der Waals surface area contributed by atoms with Gasteiger partial charge in [-0.05, 0) is 38.5 Å². The number of sulfonamides is 1. The summed E-state index contributed by atoms with van der Waals surface area (Å²) in [7, 11) is -1.22. The van der Waals surface area contributed by atoms with Crippen molar-refractivity contribution < 1.29 is 13.2 Å². The van der Waals surface area contributed by atoms with Crippen LogP contribution < -0.4 is 5.32 Å². The van der Waals surface area contributed by atoms with Gasteiger partial charge in [0.05, 0.1) is 12.4 Å². The summed E-state index contributed by atoms with van der Waals surface area (Å²) >= 11 is 0. The second-order valence-electron chi connectivity index (χ2n) is 5.82. The molecule has 112 valence electrons. The summed E-state index contributed by atoms with van der Waals surface area (Å²) in [6, 6.07) is 0.993. The van der Waals surface area contributed by atoms with Crippen molar-refractivity contribution in [1.82, 2.24) is 9.62 Å². The van der Waals surface area contributed by atoms with Gasteiger partial charge in [0.1, 0.15) is 0 Å². The van der Waals surface area contributed by atoms with Crippen LogP contribution in [-0.2, 0) is 14.8 Å². The lowest BCUT2D eigenvalue weighted by atomic mass is 9.91. The minimum Gasteiger partial charge on any atom is -0.381 e. The van der Waals surface area contributed by atoms with E-state index in [1.165, 1.54) is 25.5 Å². The smallest absolute Gasteiger partial charge is 0.211 e. The monoisotopic (exact) mass is 290 g/mol. The van der Waals surface area contributed by atoms with Crippen molar-refractivity contribution in [3.63, 3.8) is 0 Å². The highest BCUT2D eigenvalue weighted by molar-refractivity contribution is 7.88. The first-order valence-corrected chi connectivity index (χ1v) is 9.08. The Morgan fingerprint density at radius 1 is 1.11 bits per heavy atom. The minimum atomic E-state index is -3.01. The van der Waals surface area contributed by atoms with E-state index in [9.17, 15) is 8.42 Å². The standard InChI is InChI=1S/C13H26N2O3S/c1-18-13-5-3-4-12(10-13)14-11-6-8-15(9-7-11)19(2,16)17/h11-14H,3-10H2,1-2H3. The maximum atomic E-state index is 11.5. The molecule has 2 unspecified atom stereocenters. The number of rotatable bonds is 4. The molecule has 1 saturated heterocycles. The predicted molar refractivity (Wildman–Crippen MR) is 75.6 cm³/mol. The van der Waals surface area contributed by atoms with Crippen LogP contribution in [0.1, 0.15) is 38.5 Å². The Labute approximate surface area is 116 Å². The molecule has 0 aromatic rings. The molecule has 2 rings (SSSR count). The maximum Gasteiger partial charge on any atom is 0.211 e. The van der Waals surface area contributed by atoms with Crippen LogP contribution in [0.15, 0.2) is 0 Å². The van der Waals surface area contributed by atoms with Crippen molar-refractivity contribution in [2.75, 3.05) is 26.5 Å². The fourth-order valence-corrected chi connectivity index (χ4v) is 4.07. The molecule has 1 saturated carbocycles. The van der Waals surface area contributed by atoms with Crippen molar-refractivity contribution >= 4 is 10.0 Å². The number of ether oxygens (including phenoxy) is 1. The van der Waals surface area contributed by atoms with E-state index in [4.69, 9.17) is 4.74 Å². The molecule has 1 heterocycles. The van der Waals surface area contributed by atoms with Gasteiger partial charge in [-0.1, -0.05) is 0 Å². The molecular formula is C13H26N2O3S. The number of nitrogens with zero attached hydrogens (tertiary/aromatic N) is 1. The van der Waals surface area contributed by atoms with Crippen molar-refractivity contribution in [1.29, 1.82) is 0 Å². The molecule has 0 aromatic heterocycles. The Kier molecular flexibility index (Phi) is 5.22. The zero-order valence-electron chi connectivity index (χ0n) is 12.0. The fraction of sp³-hybridized carbons (Fsp3) is 1.00. The van der Waals surface area contributed by atoms with E-state index in [1.807, 2.05) is 0 Å². The van der Waals surface area contributed by atoms with Gasteiger partial charge in [0.25, 0.3) is 0 Å². The number of piperidine rings is 1. The van der Waals surface area contributed by atoms with Gasteiger partial charge in [-0.3, -0.25) is 0 Å². The highest BCUT2D eigenvalue weighted by Gasteiger charge is 2.28. The molecule has 2 atom stereocenters. The third-order valence-electron chi connectivity index (χ3n) is 4.35. The molecule has 0 radical (unpaired) electrons. The highest BCUT2D eigenvalue weighted by atomic mass is 32.2. The van der Waals surface area contributed by atoms with E-state index < -0.39 is 10.0 Å². The Balaban J connectivity index is 1.76. The lowest BCUT2D eigenvalue weighted by Gasteiger charge is -2.36. The fourth-order valence-electron chi connectivity index (χ4n) is 3.20. The van der Waals surface area contributed by atoms with Crippen LogP contribution in [0.3, 0.4) is 0 Å². The van der Waals surface area contributed by atoms with Crippen LogP contribution in [0, 0.1) is 0 Å². The molecule has 0 bridgehead atoms. The summed E-state index contributed by atoms with van der Waals surface area (Å²) in [4.78, 5) is 0. The molecule has 0 spiro atoms. The molecule has 2 aliphatic rings. The molecule has 1 aliphatic heterocycles. The zero-order valence-corrected chi connectivity index (χ0v) is 12.8. The number of hydrogen-bond donors (Lipinski definition) is 1. The minimum absolute atomic E-state index is 0.391. The van der Waals surface area contributed by atoms with Gasteiger partial charge >= 0.3 is 0 Å². The normalized spacial score (nSPS) is 31.5. The molecule has 0 aromatic carbocycles. The van der Waals surface area contributed by atoms with Crippen molar-refractivity contribution in [3.8, 4) is 0 Å². The van der Waals surface area contributed by atoms with Gasteiger partial charge < -0.3 is 10.1 Å². The summed E-state index contributed by atoms with van der Waals surface area (Å²) in [5.74, 6) is 0. The van der Waals surface area contributed by atoms with Crippen LogP contribution in [0.4, 0.5) is 0 Å². The van der Waals surface area contributed by atoms with Gasteiger partial charge in [-0.15, -0.1) is 0 Å². The Morgan fingerprint density at radius 2 is 1.79 bits per heavy atom. The largest absolute Gasteiger partial charge is 0.381 e. The van der Waals surface area contributed by atoms with Gasteiger partial charge in [0.15, 0.2) is 0 Å². The Morgan fingerprint density at radius 3 is 2.37 bits per heavy atom. The predicted octanol–water partition coefficient (Wildman–Crippen LogP) is 0.958. The first kappa shape index (κ1) is 15.2. The van der Waals surface area contributed by atoms with Gasteiger partial charge in [-0.2, -0.15) is 0 Å². The number of nitrogens with one attached hydrogen (secondary N) is 1. The van der Waals surface area contributed by atoms with E-state index in [0.717, 1.165) is 19.3 Å². The van der Waals surface area contributed by atoms with Crippen molar-refractivity contribution in [3.05, 3.63) is 0 Å². The second-order valence-corrected chi connectivity index (χ2v) is 7.81. The third-order valence-corrected chi connectivity index (χ3v) is 5.66. The summed E-state index contributed by atoms with van der Waals surface area (Å²) in [5, 5.41) is 3.69. The zero-order chi connectivity index (χ0) is 13.9. The van der Waals surface area contributed by atoms with E-state index in [2.05, 4.69) is 5.32 Å². The number of hydrogen-bond acceptors (Lipinski definition) is 4. The van der Waals surface area contributed by atoms with Crippen molar-refractivity contribution in [2.24, 2.45) is 0 Å². The van der Waals surface area contributed by atoms with Crippen LogP contribution in [0.5, 0.6) is 0 Å². The molecule has 0 amide bonds. The lowest BCUT2D eigenvalue weighted by Crippen LogP contribution is -2.49. The van der Waals surface area contributed by atoms with Crippen molar-refractivity contribution in [2.45, 2.75) is 56.7 Å². The van der Waals surface area contributed by atoms with E-state index in [-0.39, 0.29) is 0 Å². The first-order valence-electron chi connectivity index (χ1n) is 7.23. The molecule has 19 heavy (non-hydrogen) atoms. The lowest BCUT2D eigenvalue weighted by molar-refractivity contribution is 0.0555. The summed E-state index contributed by atoms with van der Waals surface area (Å²) < 4.78 is 29.9. The topological polar surface area (TPSA) is 58.6 Å². The SMILES string of the molecule is COC1CCCC(NC2CCN(S(C)(=O)=O)CC2)C1. The van der Waals surface area contributed by atoms with Crippen LogP contribution in [0.25, 0.3) is 0 Å². The highest BCUT2D eigenvalue weighted by Crippen LogP contribution is 2.22. The molecule has 5 nitrogen and oxygen atoms in total. The molecule has 2 fully saturated rings. The van der Waals surface area contributed by atoms with Crippen LogP contribution in [0.2, 0.25) is 0 Å². The quantitative estimate of drug-likeness (QED) is 0.838. The summed E-state index contributed by atoms with van der Waals surface area (Å²) in [5.41, 5.74) is 0. The average molecular weight is 290 g/mol. The van der Waals surface area contributed by atoms with Gasteiger partial charge in [0, 0.05) is 32.3 Å². The molecule has 6 heteroatoms. The van der Waals surface area contributed by atoms with Gasteiger partial charge in [0.2, 0.25) is 10.0 Å². The maximum absolute atomic E-state index is 11.5. The Bertz CT molecular complexity index is 377. The summed E-state index contributed by atoms with van der Waals surface area (Å²) in [6.45, 7) is 1.30.